The summed E-state index contributed by atoms with van der Waals surface area (Å²) in [5.41, 5.74) is 0. The number of hydrogen-bond donors (Lipinski definition) is 2. The highest BCUT2D eigenvalue weighted by Crippen LogP contribution is 2.27. The summed E-state index contributed by atoms with van der Waals surface area (Å²) < 4.78 is 5.54. The lowest BCUT2D eigenvalue weighted by molar-refractivity contribution is 0.0418. The predicted molar refractivity (Wildman–Crippen MR) is 58.6 cm³/mol. The van der Waals surface area contributed by atoms with Crippen LogP contribution < -0.4 is 5.32 Å². The monoisotopic (exact) mass is 209 g/mol. The van der Waals surface area contributed by atoms with Crippen molar-refractivity contribution in [2.45, 2.75) is 38.8 Å². The van der Waals surface area contributed by atoms with Gasteiger partial charge in [0.15, 0.2) is 0 Å². The lowest BCUT2D eigenvalue weighted by Crippen LogP contribution is -2.36. The maximum absolute atomic E-state index is 9.16. The van der Waals surface area contributed by atoms with Crippen molar-refractivity contribution in [2.24, 2.45) is 5.92 Å². The average molecular weight is 209 g/mol. The van der Waals surface area contributed by atoms with Crippen LogP contribution in [0.15, 0.2) is 16.5 Å². The van der Waals surface area contributed by atoms with Gasteiger partial charge in [0.1, 0.15) is 11.5 Å². The number of aliphatic hydroxyl groups is 1. The Hall–Kier alpha value is -0.800. The summed E-state index contributed by atoms with van der Waals surface area (Å²) in [4.78, 5) is 0. The molecule has 1 unspecified atom stereocenters. The second-order valence-corrected chi connectivity index (χ2v) is 4.57. The number of nitrogens with one attached hydrogen (secondary N) is 1. The Morgan fingerprint density at radius 3 is 2.80 bits per heavy atom. The summed E-state index contributed by atoms with van der Waals surface area (Å²) in [6.45, 7) is 5.03. The van der Waals surface area contributed by atoms with Gasteiger partial charge in [-0.15, -0.1) is 0 Å². The van der Waals surface area contributed by atoms with Crippen LogP contribution in [0.5, 0.6) is 0 Å². The second kappa shape index (κ2) is 4.37. The minimum atomic E-state index is -0.0574. The van der Waals surface area contributed by atoms with E-state index in [2.05, 4.69) is 12.2 Å². The van der Waals surface area contributed by atoms with Crippen molar-refractivity contribution in [3.63, 3.8) is 0 Å². The highest BCUT2D eigenvalue weighted by Gasteiger charge is 2.27. The van der Waals surface area contributed by atoms with Crippen LogP contribution in [0.4, 0.5) is 0 Å². The molecule has 1 aromatic heterocycles. The molecule has 1 saturated carbocycles. The molecule has 0 aliphatic heterocycles. The summed E-state index contributed by atoms with van der Waals surface area (Å²) in [6, 6.07) is 4.26. The van der Waals surface area contributed by atoms with Gasteiger partial charge in [-0.3, -0.25) is 0 Å². The fraction of sp³-hybridized carbons (Fsp3) is 0.667. The SMILES string of the molecule is Cc1ccc(C(C)NCC2CC(O)C2)o1. The Balaban J connectivity index is 1.75. The molecular formula is C12H19NO2. The molecular weight excluding hydrogens is 190 g/mol. The lowest BCUT2D eigenvalue weighted by Gasteiger charge is -2.32. The number of hydrogen-bond acceptors (Lipinski definition) is 3. The summed E-state index contributed by atoms with van der Waals surface area (Å²) >= 11 is 0. The molecule has 1 aliphatic rings. The minimum absolute atomic E-state index is 0.0574. The summed E-state index contributed by atoms with van der Waals surface area (Å²) in [6.07, 6.45) is 1.83. The van der Waals surface area contributed by atoms with E-state index >= 15 is 0 Å². The van der Waals surface area contributed by atoms with Crippen LogP contribution in [-0.2, 0) is 0 Å². The first-order valence-electron chi connectivity index (χ1n) is 5.63. The fourth-order valence-electron chi connectivity index (χ4n) is 2.00. The van der Waals surface area contributed by atoms with Crippen LogP contribution in [0.3, 0.4) is 0 Å². The number of aliphatic hydroxyl groups excluding tert-OH is 1. The van der Waals surface area contributed by atoms with Gasteiger partial charge in [-0.25, -0.2) is 0 Å². The smallest absolute Gasteiger partial charge is 0.120 e. The average Bonchev–Trinajstić information content (AvgIpc) is 2.57. The van der Waals surface area contributed by atoms with Gasteiger partial charge in [0, 0.05) is 0 Å². The first kappa shape index (κ1) is 10.7. The van der Waals surface area contributed by atoms with E-state index in [0.29, 0.717) is 5.92 Å². The molecule has 2 N–H and O–H groups in total. The standard InChI is InChI=1S/C12H19NO2/c1-8-3-4-12(15-8)9(2)13-7-10-5-11(14)6-10/h3-4,9-11,13-14H,5-7H2,1-2H3. The maximum Gasteiger partial charge on any atom is 0.120 e. The van der Waals surface area contributed by atoms with Crippen LogP contribution in [-0.4, -0.2) is 17.8 Å². The Bertz CT molecular complexity index is 315. The number of rotatable bonds is 4. The van der Waals surface area contributed by atoms with E-state index in [0.717, 1.165) is 30.9 Å². The van der Waals surface area contributed by atoms with E-state index in [9.17, 15) is 0 Å². The molecule has 0 saturated heterocycles. The van der Waals surface area contributed by atoms with Gasteiger partial charge in [-0.05, 0) is 51.3 Å². The molecule has 0 amide bonds. The van der Waals surface area contributed by atoms with Crippen LogP contribution in [0.2, 0.25) is 0 Å². The van der Waals surface area contributed by atoms with Crippen LogP contribution in [0.1, 0.15) is 37.3 Å². The number of furan rings is 1. The van der Waals surface area contributed by atoms with Crippen molar-refractivity contribution in [1.82, 2.24) is 5.32 Å². The third-order valence-electron chi connectivity index (χ3n) is 3.11. The minimum Gasteiger partial charge on any atom is -0.465 e. The second-order valence-electron chi connectivity index (χ2n) is 4.57. The van der Waals surface area contributed by atoms with Crippen LogP contribution >= 0.6 is 0 Å². The summed E-state index contributed by atoms with van der Waals surface area (Å²) in [7, 11) is 0. The van der Waals surface area contributed by atoms with Gasteiger partial charge in [-0.1, -0.05) is 0 Å². The van der Waals surface area contributed by atoms with Crippen LogP contribution in [0, 0.1) is 12.8 Å². The fourth-order valence-corrected chi connectivity index (χ4v) is 2.00. The molecule has 2 rings (SSSR count). The van der Waals surface area contributed by atoms with Crippen molar-refractivity contribution in [3.8, 4) is 0 Å². The maximum atomic E-state index is 9.16. The molecule has 0 aromatic carbocycles. The Morgan fingerprint density at radius 1 is 1.53 bits per heavy atom. The van der Waals surface area contributed by atoms with E-state index in [1.165, 1.54) is 0 Å². The zero-order chi connectivity index (χ0) is 10.8. The molecule has 0 spiro atoms. The molecule has 1 aromatic rings. The lowest BCUT2D eigenvalue weighted by atomic mass is 9.82. The molecule has 0 bridgehead atoms. The molecule has 3 nitrogen and oxygen atoms in total. The van der Waals surface area contributed by atoms with Gasteiger partial charge in [-0.2, -0.15) is 0 Å². The molecule has 1 fully saturated rings. The largest absolute Gasteiger partial charge is 0.465 e. The normalized spacial score (nSPS) is 27.4. The highest BCUT2D eigenvalue weighted by molar-refractivity contribution is 5.08. The Labute approximate surface area is 90.5 Å². The van der Waals surface area contributed by atoms with Gasteiger partial charge in [0.25, 0.3) is 0 Å². The zero-order valence-electron chi connectivity index (χ0n) is 9.36. The first-order valence-corrected chi connectivity index (χ1v) is 5.63. The molecule has 1 aliphatic carbocycles. The molecule has 84 valence electrons. The highest BCUT2D eigenvalue weighted by atomic mass is 16.3. The zero-order valence-corrected chi connectivity index (χ0v) is 9.36. The number of aryl methyl sites for hydroxylation is 1. The first-order chi connectivity index (χ1) is 7.15. The van der Waals surface area contributed by atoms with Crippen LogP contribution in [0.25, 0.3) is 0 Å². The van der Waals surface area contributed by atoms with Gasteiger partial charge >= 0.3 is 0 Å². The van der Waals surface area contributed by atoms with Crippen molar-refractivity contribution in [1.29, 1.82) is 0 Å². The third-order valence-corrected chi connectivity index (χ3v) is 3.11. The molecule has 15 heavy (non-hydrogen) atoms. The van der Waals surface area contributed by atoms with Crippen molar-refractivity contribution in [3.05, 3.63) is 23.7 Å². The van der Waals surface area contributed by atoms with Crippen molar-refractivity contribution in [2.75, 3.05) is 6.54 Å². The van der Waals surface area contributed by atoms with E-state index in [1.807, 2.05) is 19.1 Å². The van der Waals surface area contributed by atoms with E-state index in [-0.39, 0.29) is 12.1 Å². The van der Waals surface area contributed by atoms with Crippen molar-refractivity contribution < 1.29 is 9.52 Å². The predicted octanol–water partition coefficient (Wildman–Crippen LogP) is 2.01. The molecule has 3 heteroatoms. The van der Waals surface area contributed by atoms with Gasteiger partial charge in [0.05, 0.1) is 12.1 Å². The van der Waals surface area contributed by atoms with Crippen molar-refractivity contribution >= 4 is 0 Å². The molecule has 1 atom stereocenters. The van der Waals surface area contributed by atoms with Gasteiger partial charge in [0.2, 0.25) is 0 Å². The molecule has 0 radical (unpaired) electrons. The summed E-state index contributed by atoms with van der Waals surface area (Å²) in [5, 5.41) is 12.6. The van der Waals surface area contributed by atoms with E-state index < -0.39 is 0 Å². The summed E-state index contributed by atoms with van der Waals surface area (Å²) in [5.74, 6) is 2.59. The molecule has 1 heterocycles. The van der Waals surface area contributed by atoms with E-state index in [1.54, 1.807) is 0 Å². The Kier molecular flexibility index (Phi) is 3.12. The third kappa shape index (κ3) is 2.61. The van der Waals surface area contributed by atoms with Gasteiger partial charge < -0.3 is 14.8 Å². The Morgan fingerprint density at radius 2 is 2.27 bits per heavy atom. The van der Waals surface area contributed by atoms with E-state index in [4.69, 9.17) is 9.52 Å². The quantitative estimate of drug-likeness (QED) is 0.797. The topological polar surface area (TPSA) is 45.4 Å².